The van der Waals surface area contributed by atoms with Gasteiger partial charge >= 0.3 is 0 Å². The Morgan fingerprint density at radius 3 is 2.67 bits per heavy atom. The minimum absolute atomic E-state index is 0.530. The van der Waals surface area contributed by atoms with Crippen molar-refractivity contribution in [2.45, 2.75) is 20.3 Å². The molecule has 0 aliphatic heterocycles. The molecule has 100 valence electrons. The van der Waals surface area contributed by atoms with Crippen LogP contribution in [0.1, 0.15) is 19.4 Å². The zero-order chi connectivity index (χ0) is 13.4. The number of aliphatic imine (C=N–C) groups is 1. The van der Waals surface area contributed by atoms with Gasteiger partial charge in [-0.05, 0) is 30.0 Å². The van der Waals surface area contributed by atoms with E-state index in [1.54, 1.807) is 0 Å². The molecule has 18 heavy (non-hydrogen) atoms. The molecule has 0 aliphatic rings. The van der Waals surface area contributed by atoms with Crippen LogP contribution in [-0.2, 0) is 6.42 Å². The van der Waals surface area contributed by atoms with E-state index in [9.17, 15) is 0 Å². The molecule has 3 N–H and O–H groups in total. The van der Waals surface area contributed by atoms with Crippen LogP contribution in [0.25, 0.3) is 0 Å². The number of nitrogens with one attached hydrogen (secondary N) is 1. The number of hydrogen-bond acceptors (Lipinski definition) is 3. The highest BCUT2D eigenvalue weighted by atomic mass is 15.4. The average molecular weight is 249 g/mol. The fraction of sp³-hybridized carbons (Fsp3) is 0.538. The van der Waals surface area contributed by atoms with E-state index in [-0.39, 0.29) is 0 Å². The van der Waals surface area contributed by atoms with Crippen molar-refractivity contribution in [3.8, 4) is 0 Å². The summed E-state index contributed by atoms with van der Waals surface area (Å²) in [6, 6.07) is 4.04. The summed E-state index contributed by atoms with van der Waals surface area (Å²) in [7, 11) is 1.99. The SMILES string of the molecule is CC(C)CN=C(NN)N(C)CCc1ccncc1. The molecule has 1 aromatic rings. The summed E-state index contributed by atoms with van der Waals surface area (Å²) in [5, 5.41) is 0. The summed E-state index contributed by atoms with van der Waals surface area (Å²) in [4.78, 5) is 10.5. The molecule has 1 rings (SSSR count). The quantitative estimate of drug-likeness (QED) is 0.354. The maximum absolute atomic E-state index is 5.50. The van der Waals surface area contributed by atoms with Gasteiger partial charge in [0.05, 0.1) is 0 Å². The standard InChI is InChI=1S/C13H23N5/c1-11(2)10-16-13(17-14)18(3)9-6-12-4-7-15-8-5-12/h4-5,7-8,11H,6,9-10,14H2,1-3H3,(H,16,17). The molecule has 0 amide bonds. The number of nitrogens with zero attached hydrogens (tertiary/aromatic N) is 3. The van der Waals surface area contributed by atoms with E-state index in [0.29, 0.717) is 5.92 Å². The van der Waals surface area contributed by atoms with E-state index in [1.807, 2.05) is 36.5 Å². The third kappa shape index (κ3) is 5.14. The first-order chi connectivity index (χ1) is 8.63. The molecule has 0 saturated heterocycles. The van der Waals surface area contributed by atoms with Crippen molar-refractivity contribution in [3.63, 3.8) is 0 Å². The lowest BCUT2D eigenvalue weighted by atomic mass is 10.2. The molecule has 0 atom stereocenters. The third-order valence-electron chi connectivity index (χ3n) is 2.58. The van der Waals surface area contributed by atoms with Crippen molar-refractivity contribution >= 4 is 5.96 Å². The van der Waals surface area contributed by atoms with Crippen LogP contribution in [0, 0.1) is 5.92 Å². The summed E-state index contributed by atoms with van der Waals surface area (Å²) in [5.41, 5.74) is 3.92. The van der Waals surface area contributed by atoms with Crippen molar-refractivity contribution in [2.75, 3.05) is 20.1 Å². The monoisotopic (exact) mass is 249 g/mol. The second-order valence-corrected chi connectivity index (χ2v) is 4.73. The topological polar surface area (TPSA) is 66.5 Å². The van der Waals surface area contributed by atoms with Gasteiger partial charge in [-0.15, -0.1) is 0 Å². The minimum atomic E-state index is 0.530. The second kappa shape index (κ2) is 7.66. The number of rotatable bonds is 5. The average Bonchev–Trinajstić information content (AvgIpc) is 2.38. The molecule has 0 saturated carbocycles. The zero-order valence-corrected chi connectivity index (χ0v) is 11.4. The van der Waals surface area contributed by atoms with Gasteiger partial charge in [-0.1, -0.05) is 13.8 Å². The van der Waals surface area contributed by atoms with Crippen LogP contribution in [0.3, 0.4) is 0 Å². The smallest absolute Gasteiger partial charge is 0.208 e. The molecule has 0 aliphatic carbocycles. The molecule has 0 unspecified atom stereocenters. The van der Waals surface area contributed by atoms with Crippen molar-refractivity contribution in [1.29, 1.82) is 0 Å². The summed E-state index contributed by atoms with van der Waals surface area (Å²) in [6.07, 6.45) is 4.57. The fourth-order valence-electron chi connectivity index (χ4n) is 1.50. The van der Waals surface area contributed by atoms with Gasteiger partial charge in [-0.3, -0.25) is 15.4 Å². The fourth-order valence-corrected chi connectivity index (χ4v) is 1.50. The number of guanidine groups is 1. The number of pyridine rings is 1. The van der Waals surface area contributed by atoms with Gasteiger partial charge in [0.25, 0.3) is 0 Å². The van der Waals surface area contributed by atoms with Crippen LogP contribution in [0.15, 0.2) is 29.5 Å². The summed E-state index contributed by atoms with van der Waals surface area (Å²) in [6.45, 7) is 5.91. The van der Waals surface area contributed by atoms with Gasteiger partial charge in [-0.2, -0.15) is 0 Å². The third-order valence-corrected chi connectivity index (χ3v) is 2.58. The maximum Gasteiger partial charge on any atom is 0.208 e. The van der Waals surface area contributed by atoms with Crippen molar-refractivity contribution in [3.05, 3.63) is 30.1 Å². The lowest BCUT2D eigenvalue weighted by Crippen LogP contribution is -2.43. The normalized spacial score (nSPS) is 11.7. The van der Waals surface area contributed by atoms with Crippen LogP contribution >= 0.6 is 0 Å². The molecule has 0 fully saturated rings. The Hall–Kier alpha value is -1.62. The Morgan fingerprint density at radius 1 is 1.44 bits per heavy atom. The maximum atomic E-state index is 5.50. The highest BCUT2D eigenvalue weighted by Gasteiger charge is 2.05. The van der Waals surface area contributed by atoms with E-state index >= 15 is 0 Å². The Labute approximate surface area is 109 Å². The van der Waals surface area contributed by atoms with E-state index < -0.39 is 0 Å². The summed E-state index contributed by atoms with van der Waals surface area (Å²) in [5.74, 6) is 6.76. The van der Waals surface area contributed by atoms with Gasteiger partial charge in [0.2, 0.25) is 5.96 Å². The molecule has 1 heterocycles. The van der Waals surface area contributed by atoms with Crippen LogP contribution in [-0.4, -0.2) is 36.0 Å². The molecule has 0 bridgehead atoms. The lowest BCUT2D eigenvalue weighted by Gasteiger charge is -2.20. The predicted molar refractivity (Wildman–Crippen MR) is 75.0 cm³/mol. The minimum Gasteiger partial charge on any atom is -0.345 e. The molecular formula is C13H23N5. The summed E-state index contributed by atoms with van der Waals surface area (Å²) < 4.78 is 0. The first kappa shape index (κ1) is 14.4. The van der Waals surface area contributed by atoms with Gasteiger partial charge < -0.3 is 4.90 Å². The van der Waals surface area contributed by atoms with Crippen molar-refractivity contribution < 1.29 is 0 Å². The molecular weight excluding hydrogens is 226 g/mol. The number of nitrogens with two attached hydrogens (primary N) is 1. The molecule has 5 nitrogen and oxygen atoms in total. The molecule has 0 radical (unpaired) electrons. The van der Waals surface area contributed by atoms with Crippen LogP contribution in [0.4, 0.5) is 0 Å². The summed E-state index contributed by atoms with van der Waals surface area (Å²) >= 11 is 0. The van der Waals surface area contributed by atoms with Gasteiger partial charge in [-0.25, -0.2) is 5.84 Å². The van der Waals surface area contributed by atoms with Crippen molar-refractivity contribution in [2.24, 2.45) is 16.8 Å². The van der Waals surface area contributed by atoms with E-state index in [0.717, 1.165) is 25.5 Å². The van der Waals surface area contributed by atoms with Gasteiger partial charge in [0.1, 0.15) is 0 Å². The van der Waals surface area contributed by atoms with Gasteiger partial charge in [0.15, 0.2) is 0 Å². The van der Waals surface area contributed by atoms with Crippen molar-refractivity contribution in [1.82, 2.24) is 15.3 Å². The number of hydrogen-bond donors (Lipinski definition) is 2. The van der Waals surface area contributed by atoms with E-state index in [4.69, 9.17) is 5.84 Å². The van der Waals surface area contributed by atoms with Crippen LogP contribution in [0.5, 0.6) is 0 Å². The largest absolute Gasteiger partial charge is 0.345 e. The first-order valence-corrected chi connectivity index (χ1v) is 6.24. The lowest BCUT2D eigenvalue weighted by molar-refractivity contribution is 0.482. The highest BCUT2D eigenvalue weighted by molar-refractivity contribution is 5.79. The van der Waals surface area contributed by atoms with E-state index in [2.05, 4.69) is 29.2 Å². The Kier molecular flexibility index (Phi) is 6.14. The van der Waals surface area contributed by atoms with Crippen LogP contribution in [0.2, 0.25) is 0 Å². The Bertz CT molecular complexity index is 361. The highest BCUT2D eigenvalue weighted by Crippen LogP contribution is 2.00. The van der Waals surface area contributed by atoms with E-state index in [1.165, 1.54) is 5.56 Å². The number of likely N-dealkylation sites (N-methyl/N-ethyl adjacent to an activating group) is 1. The molecule has 1 aromatic heterocycles. The van der Waals surface area contributed by atoms with Crippen LogP contribution < -0.4 is 11.3 Å². The second-order valence-electron chi connectivity index (χ2n) is 4.73. The van der Waals surface area contributed by atoms with Gasteiger partial charge in [0, 0.05) is 32.5 Å². The number of hydrazine groups is 1. The molecule has 0 aromatic carbocycles. The number of aromatic nitrogens is 1. The zero-order valence-electron chi connectivity index (χ0n) is 11.4. The first-order valence-electron chi connectivity index (χ1n) is 6.24. The molecule has 5 heteroatoms. The Morgan fingerprint density at radius 2 is 2.11 bits per heavy atom. The molecule has 0 spiro atoms. The predicted octanol–water partition coefficient (Wildman–Crippen LogP) is 1.03. The Balaban J connectivity index is 2.47.